The maximum Gasteiger partial charge on any atom is 0.416 e. The van der Waals surface area contributed by atoms with Crippen LogP contribution in [0.25, 0.3) is 0 Å². The van der Waals surface area contributed by atoms with Gasteiger partial charge in [-0.05, 0) is 40.5 Å². The summed E-state index contributed by atoms with van der Waals surface area (Å²) >= 11 is 3.26. The minimum absolute atomic E-state index is 0.0302. The van der Waals surface area contributed by atoms with Gasteiger partial charge in [-0.2, -0.15) is 18.3 Å². The number of ketones is 1. The second kappa shape index (κ2) is 6.01. The Hall–Kier alpha value is -1.63. The quantitative estimate of drug-likeness (QED) is 0.769. The third-order valence-corrected chi connectivity index (χ3v) is 3.58. The van der Waals surface area contributed by atoms with Crippen molar-refractivity contribution in [2.75, 3.05) is 0 Å². The van der Waals surface area contributed by atoms with Crippen molar-refractivity contribution in [2.45, 2.75) is 26.1 Å². The van der Waals surface area contributed by atoms with Crippen molar-refractivity contribution >= 4 is 21.7 Å². The molecule has 0 atom stereocenters. The molecule has 0 N–H and O–H groups in total. The largest absolute Gasteiger partial charge is 0.416 e. The summed E-state index contributed by atoms with van der Waals surface area (Å²) in [5.41, 5.74) is 0.236. The maximum absolute atomic E-state index is 12.5. The molecule has 1 aromatic heterocycles. The van der Waals surface area contributed by atoms with E-state index in [0.717, 1.165) is 12.1 Å². The highest BCUT2D eigenvalue weighted by atomic mass is 79.9. The summed E-state index contributed by atoms with van der Waals surface area (Å²) in [5, 5.41) is 4.04. The zero-order chi connectivity index (χ0) is 15.6. The molecule has 0 radical (unpaired) electrons. The van der Waals surface area contributed by atoms with Crippen LogP contribution in [0.15, 0.2) is 34.9 Å². The number of carbonyl (C=O) groups excluding carboxylic acids is 1. The molecule has 0 unspecified atom stereocenters. The van der Waals surface area contributed by atoms with Crippen LogP contribution < -0.4 is 0 Å². The molecular weight excluding hydrogens is 349 g/mol. The summed E-state index contributed by atoms with van der Waals surface area (Å²) in [6.07, 6.45) is -2.81. The van der Waals surface area contributed by atoms with E-state index in [9.17, 15) is 18.0 Å². The first-order valence-electron chi connectivity index (χ1n) is 6.23. The highest BCUT2D eigenvalue weighted by molar-refractivity contribution is 9.10. The Kier molecular flexibility index (Phi) is 4.51. The predicted molar refractivity (Wildman–Crippen MR) is 75.1 cm³/mol. The van der Waals surface area contributed by atoms with E-state index in [0.29, 0.717) is 22.3 Å². The molecule has 2 aromatic rings. The number of alkyl halides is 3. The van der Waals surface area contributed by atoms with E-state index in [2.05, 4.69) is 21.0 Å². The second-order valence-corrected chi connectivity index (χ2v) is 5.31. The van der Waals surface area contributed by atoms with Crippen molar-refractivity contribution in [3.05, 3.63) is 51.8 Å². The molecule has 2 rings (SSSR count). The fourth-order valence-electron chi connectivity index (χ4n) is 1.96. The Morgan fingerprint density at radius 2 is 1.90 bits per heavy atom. The number of aryl methyl sites for hydroxylation is 1. The molecule has 7 heteroatoms. The Morgan fingerprint density at radius 1 is 1.29 bits per heavy atom. The van der Waals surface area contributed by atoms with Crippen LogP contribution in [0.5, 0.6) is 0 Å². The molecule has 0 saturated carbocycles. The Balaban J connectivity index is 2.18. The molecule has 112 valence electrons. The van der Waals surface area contributed by atoms with Crippen LogP contribution in [0.4, 0.5) is 13.2 Å². The highest BCUT2D eigenvalue weighted by Gasteiger charge is 2.30. The first-order valence-corrected chi connectivity index (χ1v) is 7.03. The van der Waals surface area contributed by atoms with Crippen LogP contribution >= 0.6 is 15.9 Å². The normalized spacial score (nSPS) is 11.7. The van der Waals surface area contributed by atoms with Crippen molar-refractivity contribution < 1.29 is 18.0 Å². The predicted octanol–water partition coefficient (Wildman–Crippen LogP) is 4.11. The lowest BCUT2D eigenvalue weighted by atomic mass is 10.0. The zero-order valence-electron chi connectivity index (χ0n) is 11.1. The fraction of sp³-hybridized carbons (Fsp3) is 0.286. The first kappa shape index (κ1) is 15.8. The van der Waals surface area contributed by atoms with E-state index in [1.165, 1.54) is 18.3 Å². The summed E-state index contributed by atoms with van der Waals surface area (Å²) in [4.78, 5) is 12.2. The molecule has 0 bridgehead atoms. The van der Waals surface area contributed by atoms with Crippen LogP contribution in [-0.4, -0.2) is 15.6 Å². The molecule has 0 fully saturated rings. The number of Topliss-reactive ketones (excluding diaryl/α,β-unsaturated/α-hetero) is 1. The average Bonchev–Trinajstić information content (AvgIpc) is 2.79. The van der Waals surface area contributed by atoms with Crippen LogP contribution in [0.3, 0.4) is 0 Å². The Morgan fingerprint density at radius 3 is 2.43 bits per heavy atom. The summed E-state index contributed by atoms with van der Waals surface area (Å²) < 4.78 is 39.6. The smallest absolute Gasteiger partial charge is 0.292 e. The van der Waals surface area contributed by atoms with Gasteiger partial charge in [-0.15, -0.1) is 0 Å². The van der Waals surface area contributed by atoms with Gasteiger partial charge in [0.2, 0.25) is 0 Å². The molecule has 0 aliphatic rings. The maximum atomic E-state index is 12.5. The molecule has 0 aliphatic carbocycles. The van der Waals surface area contributed by atoms with Gasteiger partial charge < -0.3 is 0 Å². The van der Waals surface area contributed by atoms with E-state index in [1.807, 2.05) is 6.92 Å². The molecule has 1 aromatic carbocycles. The van der Waals surface area contributed by atoms with Gasteiger partial charge in [-0.3, -0.25) is 9.48 Å². The van der Waals surface area contributed by atoms with Gasteiger partial charge in [0.25, 0.3) is 0 Å². The van der Waals surface area contributed by atoms with E-state index in [1.54, 1.807) is 4.68 Å². The van der Waals surface area contributed by atoms with Gasteiger partial charge in [0.1, 0.15) is 5.69 Å². The molecule has 0 spiro atoms. The zero-order valence-corrected chi connectivity index (χ0v) is 12.7. The van der Waals surface area contributed by atoms with E-state index >= 15 is 0 Å². The van der Waals surface area contributed by atoms with Crippen LogP contribution in [0.2, 0.25) is 0 Å². The Labute approximate surface area is 127 Å². The number of benzene rings is 1. The lowest BCUT2D eigenvalue weighted by Crippen LogP contribution is -2.12. The number of aromatic nitrogens is 2. The number of nitrogens with zero attached hydrogens (tertiary/aromatic N) is 2. The minimum Gasteiger partial charge on any atom is -0.292 e. The van der Waals surface area contributed by atoms with Gasteiger partial charge in [0.05, 0.1) is 16.2 Å². The number of hydrogen-bond acceptors (Lipinski definition) is 2. The average molecular weight is 361 g/mol. The highest BCUT2D eigenvalue weighted by Crippen LogP contribution is 2.29. The van der Waals surface area contributed by atoms with Gasteiger partial charge in [-0.1, -0.05) is 12.1 Å². The lowest BCUT2D eigenvalue weighted by molar-refractivity contribution is -0.137. The van der Waals surface area contributed by atoms with Gasteiger partial charge >= 0.3 is 6.18 Å². The molecule has 21 heavy (non-hydrogen) atoms. The Bertz CT molecular complexity index is 647. The third kappa shape index (κ3) is 3.53. The first-order chi connectivity index (χ1) is 9.82. The van der Waals surface area contributed by atoms with Crippen LogP contribution in [0.1, 0.15) is 28.5 Å². The van der Waals surface area contributed by atoms with Gasteiger partial charge in [0.15, 0.2) is 5.78 Å². The molecule has 0 amide bonds. The van der Waals surface area contributed by atoms with Crippen LogP contribution in [-0.2, 0) is 19.1 Å². The van der Waals surface area contributed by atoms with Crippen molar-refractivity contribution in [3.8, 4) is 0 Å². The van der Waals surface area contributed by atoms with Crippen molar-refractivity contribution in [1.29, 1.82) is 0 Å². The number of carbonyl (C=O) groups is 1. The molecule has 0 saturated heterocycles. The van der Waals surface area contributed by atoms with E-state index < -0.39 is 11.7 Å². The molecule has 0 aliphatic heterocycles. The summed E-state index contributed by atoms with van der Waals surface area (Å²) in [5.74, 6) is -0.194. The summed E-state index contributed by atoms with van der Waals surface area (Å²) in [6, 6.07) is 4.60. The van der Waals surface area contributed by atoms with Crippen molar-refractivity contribution in [3.63, 3.8) is 0 Å². The second-order valence-electron chi connectivity index (χ2n) is 4.45. The molecule has 3 nitrogen and oxygen atoms in total. The topological polar surface area (TPSA) is 34.9 Å². The van der Waals surface area contributed by atoms with E-state index in [4.69, 9.17) is 0 Å². The molecular formula is C14H12BrF3N2O. The van der Waals surface area contributed by atoms with Gasteiger partial charge in [0, 0.05) is 13.0 Å². The van der Waals surface area contributed by atoms with Crippen LogP contribution in [0, 0.1) is 0 Å². The number of hydrogen-bond donors (Lipinski definition) is 0. The SMILES string of the molecule is CCn1ncc(Br)c1C(=O)Cc1ccc(C(F)(F)F)cc1. The van der Waals surface area contributed by atoms with E-state index in [-0.39, 0.29) is 12.2 Å². The monoisotopic (exact) mass is 360 g/mol. The van der Waals surface area contributed by atoms with Crippen molar-refractivity contribution in [1.82, 2.24) is 9.78 Å². The minimum atomic E-state index is -4.37. The number of rotatable bonds is 4. The summed E-state index contributed by atoms with van der Waals surface area (Å²) in [7, 11) is 0. The fourth-order valence-corrected chi connectivity index (χ4v) is 2.48. The number of halogens is 4. The third-order valence-electron chi connectivity index (χ3n) is 3.00. The molecule has 1 heterocycles. The summed E-state index contributed by atoms with van der Waals surface area (Å²) in [6.45, 7) is 2.40. The van der Waals surface area contributed by atoms with Gasteiger partial charge in [-0.25, -0.2) is 0 Å². The standard InChI is InChI=1S/C14H12BrF3N2O/c1-2-20-13(11(15)8-19-20)12(21)7-9-3-5-10(6-4-9)14(16,17)18/h3-6,8H,2,7H2,1H3. The van der Waals surface area contributed by atoms with Crippen molar-refractivity contribution in [2.24, 2.45) is 0 Å². The lowest BCUT2D eigenvalue weighted by Gasteiger charge is -2.08.